The molecule has 92 valence electrons. The van der Waals surface area contributed by atoms with E-state index in [4.69, 9.17) is 0 Å². The highest BCUT2D eigenvalue weighted by Gasteiger charge is 2.14. The number of allylic oxidation sites excluding steroid dienone is 1. The van der Waals surface area contributed by atoms with Crippen LogP contribution in [0.3, 0.4) is 0 Å². The van der Waals surface area contributed by atoms with Crippen LogP contribution in [0.1, 0.15) is 24.8 Å². The molecular weight excluding hydrogens is 210 g/mol. The molecule has 0 radical (unpaired) electrons. The molecule has 1 aromatic carbocycles. The van der Waals surface area contributed by atoms with Gasteiger partial charge in [0.05, 0.1) is 6.61 Å². The Kier molecular flexibility index (Phi) is 4.77. The number of nitrogens with one attached hydrogen (secondary N) is 1. The molecule has 0 fully saturated rings. The van der Waals surface area contributed by atoms with Gasteiger partial charge >= 0.3 is 0 Å². The Balaban J connectivity index is 1.88. The standard InChI is InChI=1S/C15H21NO/c17-12-15(11-13-7-3-1-4-8-13)16-14-9-5-2-6-10-14/h1,3-5,7-9,14-17H,2,6,10-12H2. The van der Waals surface area contributed by atoms with Crippen LogP contribution in [-0.2, 0) is 6.42 Å². The minimum Gasteiger partial charge on any atom is -0.395 e. The molecule has 0 amide bonds. The largest absolute Gasteiger partial charge is 0.395 e. The van der Waals surface area contributed by atoms with Gasteiger partial charge in [0.15, 0.2) is 0 Å². The van der Waals surface area contributed by atoms with Crippen molar-refractivity contribution in [2.45, 2.75) is 37.8 Å². The van der Waals surface area contributed by atoms with E-state index in [9.17, 15) is 5.11 Å². The molecule has 0 spiro atoms. The highest BCUT2D eigenvalue weighted by Crippen LogP contribution is 2.12. The molecule has 17 heavy (non-hydrogen) atoms. The second kappa shape index (κ2) is 6.58. The summed E-state index contributed by atoms with van der Waals surface area (Å²) in [5, 5.41) is 12.9. The maximum atomic E-state index is 9.43. The van der Waals surface area contributed by atoms with Gasteiger partial charge in [-0.05, 0) is 31.2 Å². The fraction of sp³-hybridized carbons (Fsp3) is 0.467. The lowest BCUT2D eigenvalue weighted by Gasteiger charge is -2.24. The molecule has 2 unspecified atom stereocenters. The highest BCUT2D eigenvalue weighted by molar-refractivity contribution is 5.16. The zero-order valence-corrected chi connectivity index (χ0v) is 10.2. The van der Waals surface area contributed by atoms with E-state index in [0.29, 0.717) is 6.04 Å². The Labute approximate surface area is 103 Å². The predicted octanol–water partition coefficient (Wildman–Crippen LogP) is 2.29. The third-order valence-electron chi connectivity index (χ3n) is 3.25. The van der Waals surface area contributed by atoms with E-state index < -0.39 is 0 Å². The van der Waals surface area contributed by atoms with Gasteiger partial charge in [0, 0.05) is 12.1 Å². The molecule has 0 saturated carbocycles. The van der Waals surface area contributed by atoms with Crippen molar-refractivity contribution in [3.8, 4) is 0 Å². The third kappa shape index (κ3) is 3.99. The van der Waals surface area contributed by atoms with Crippen LogP contribution in [0.25, 0.3) is 0 Å². The van der Waals surface area contributed by atoms with Crippen molar-refractivity contribution in [1.82, 2.24) is 5.32 Å². The highest BCUT2D eigenvalue weighted by atomic mass is 16.3. The fourth-order valence-electron chi connectivity index (χ4n) is 2.33. The van der Waals surface area contributed by atoms with E-state index in [1.165, 1.54) is 24.8 Å². The van der Waals surface area contributed by atoms with Crippen LogP contribution >= 0.6 is 0 Å². The van der Waals surface area contributed by atoms with Crippen molar-refractivity contribution >= 4 is 0 Å². The van der Waals surface area contributed by atoms with E-state index >= 15 is 0 Å². The summed E-state index contributed by atoms with van der Waals surface area (Å²) in [5.74, 6) is 0. The number of hydrogen-bond donors (Lipinski definition) is 2. The van der Waals surface area contributed by atoms with Gasteiger partial charge in [-0.15, -0.1) is 0 Å². The van der Waals surface area contributed by atoms with Crippen molar-refractivity contribution < 1.29 is 5.11 Å². The molecule has 2 rings (SSSR count). The SMILES string of the molecule is OCC(Cc1ccccc1)NC1C=CCCC1. The molecule has 2 atom stereocenters. The third-order valence-corrected chi connectivity index (χ3v) is 3.25. The first kappa shape index (κ1) is 12.3. The number of benzene rings is 1. The Morgan fingerprint density at radius 2 is 2.12 bits per heavy atom. The summed E-state index contributed by atoms with van der Waals surface area (Å²) < 4.78 is 0. The zero-order chi connectivity index (χ0) is 11.9. The monoisotopic (exact) mass is 231 g/mol. The Morgan fingerprint density at radius 3 is 2.76 bits per heavy atom. The van der Waals surface area contributed by atoms with Gasteiger partial charge in [0.2, 0.25) is 0 Å². The van der Waals surface area contributed by atoms with Gasteiger partial charge in [0.25, 0.3) is 0 Å². The zero-order valence-electron chi connectivity index (χ0n) is 10.2. The summed E-state index contributed by atoms with van der Waals surface area (Å²) in [4.78, 5) is 0. The molecule has 0 bridgehead atoms. The molecule has 0 aromatic heterocycles. The second-order valence-corrected chi connectivity index (χ2v) is 4.70. The molecule has 0 heterocycles. The summed E-state index contributed by atoms with van der Waals surface area (Å²) in [7, 11) is 0. The average Bonchev–Trinajstić information content (AvgIpc) is 2.40. The number of rotatable bonds is 5. The van der Waals surface area contributed by atoms with E-state index in [1.807, 2.05) is 18.2 Å². The van der Waals surface area contributed by atoms with Gasteiger partial charge in [-0.3, -0.25) is 0 Å². The van der Waals surface area contributed by atoms with E-state index in [-0.39, 0.29) is 12.6 Å². The number of aliphatic hydroxyl groups is 1. The van der Waals surface area contributed by atoms with E-state index in [1.54, 1.807) is 0 Å². The van der Waals surface area contributed by atoms with Crippen LogP contribution in [0.5, 0.6) is 0 Å². The lowest BCUT2D eigenvalue weighted by molar-refractivity contribution is 0.233. The molecule has 2 N–H and O–H groups in total. The second-order valence-electron chi connectivity index (χ2n) is 4.70. The van der Waals surface area contributed by atoms with Crippen LogP contribution in [-0.4, -0.2) is 23.8 Å². The smallest absolute Gasteiger partial charge is 0.0588 e. The van der Waals surface area contributed by atoms with E-state index in [2.05, 4.69) is 29.6 Å². The quantitative estimate of drug-likeness (QED) is 0.762. The normalized spacial score (nSPS) is 21.4. The van der Waals surface area contributed by atoms with Gasteiger partial charge < -0.3 is 10.4 Å². The van der Waals surface area contributed by atoms with Crippen molar-refractivity contribution in [2.24, 2.45) is 0 Å². The van der Waals surface area contributed by atoms with Crippen molar-refractivity contribution in [2.75, 3.05) is 6.61 Å². The van der Waals surface area contributed by atoms with E-state index in [0.717, 1.165) is 6.42 Å². The minimum atomic E-state index is 0.158. The lowest BCUT2D eigenvalue weighted by Crippen LogP contribution is -2.41. The maximum Gasteiger partial charge on any atom is 0.0588 e. The average molecular weight is 231 g/mol. The van der Waals surface area contributed by atoms with Crippen molar-refractivity contribution in [3.63, 3.8) is 0 Å². The van der Waals surface area contributed by atoms with Crippen LogP contribution < -0.4 is 5.32 Å². The number of hydrogen-bond acceptors (Lipinski definition) is 2. The molecule has 1 aliphatic carbocycles. The van der Waals surface area contributed by atoms with Gasteiger partial charge in [-0.1, -0.05) is 42.5 Å². The number of aliphatic hydroxyl groups excluding tert-OH is 1. The lowest BCUT2D eigenvalue weighted by atomic mass is 10.00. The first-order chi connectivity index (χ1) is 8.38. The first-order valence-electron chi connectivity index (χ1n) is 6.46. The van der Waals surface area contributed by atoms with Crippen LogP contribution in [0.4, 0.5) is 0 Å². The van der Waals surface area contributed by atoms with Crippen LogP contribution in [0, 0.1) is 0 Å². The molecule has 2 nitrogen and oxygen atoms in total. The predicted molar refractivity (Wildman–Crippen MR) is 70.9 cm³/mol. The first-order valence-corrected chi connectivity index (χ1v) is 6.46. The van der Waals surface area contributed by atoms with Crippen molar-refractivity contribution in [1.29, 1.82) is 0 Å². The molecular formula is C15H21NO. The summed E-state index contributed by atoms with van der Waals surface area (Å²) >= 11 is 0. The van der Waals surface area contributed by atoms with Gasteiger partial charge in [-0.25, -0.2) is 0 Å². The summed E-state index contributed by atoms with van der Waals surface area (Å²) in [6, 6.07) is 10.9. The molecule has 2 heteroatoms. The van der Waals surface area contributed by atoms with Gasteiger partial charge in [-0.2, -0.15) is 0 Å². The van der Waals surface area contributed by atoms with Crippen molar-refractivity contribution in [3.05, 3.63) is 48.0 Å². The van der Waals surface area contributed by atoms with Gasteiger partial charge in [0.1, 0.15) is 0 Å². The summed E-state index contributed by atoms with van der Waals surface area (Å²) in [5.41, 5.74) is 1.28. The van der Waals surface area contributed by atoms with Crippen LogP contribution in [0.15, 0.2) is 42.5 Å². The maximum absolute atomic E-state index is 9.43. The molecule has 1 aliphatic rings. The molecule has 0 saturated heterocycles. The Bertz CT molecular complexity index is 347. The molecule has 1 aromatic rings. The minimum absolute atomic E-state index is 0.158. The Morgan fingerprint density at radius 1 is 1.29 bits per heavy atom. The fourth-order valence-corrected chi connectivity index (χ4v) is 2.33. The summed E-state index contributed by atoms with van der Waals surface area (Å²) in [6.45, 7) is 0.194. The Hall–Kier alpha value is -1.12. The topological polar surface area (TPSA) is 32.3 Å². The summed E-state index contributed by atoms with van der Waals surface area (Å²) in [6.07, 6.45) is 8.98. The van der Waals surface area contributed by atoms with Crippen LogP contribution in [0.2, 0.25) is 0 Å². The molecule has 0 aliphatic heterocycles.